The molecule has 3 atom stereocenters. The van der Waals surface area contributed by atoms with E-state index in [1.807, 2.05) is 48.5 Å². The normalized spacial score (nSPS) is 21.6. The molecule has 3 unspecified atom stereocenters. The van der Waals surface area contributed by atoms with Gasteiger partial charge in [0.2, 0.25) is 5.91 Å². The van der Waals surface area contributed by atoms with Gasteiger partial charge in [-0.15, -0.1) is 0 Å². The molecule has 0 aromatic heterocycles. The second-order valence-corrected chi connectivity index (χ2v) is 11.0. The summed E-state index contributed by atoms with van der Waals surface area (Å²) in [5.41, 5.74) is 3.57. The number of piperidine rings is 2. The number of nitrogens with zero attached hydrogens (tertiary/aromatic N) is 2. The molecule has 5 rings (SSSR count). The molecule has 220 valence electrons. The van der Waals surface area contributed by atoms with Crippen LogP contribution in [0.5, 0.6) is 0 Å². The summed E-state index contributed by atoms with van der Waals surface area (Å²) in [7, 11) is 0. The van der Waals surface area contributed by atoms with Gasteiger partial charge in [-0.25, -0.2) is 19.2 Å². The molecule has 0 saturated carbocycles. The van der Waals surface area contributed by atoms with Crippen molar-refractivity contribution in [3.05, 3.63) is 71.3 Å². The average molecular weight is 577 g/mol. The zero-order valence-corrected chi connectivity index (χ0v) is 22.8. The molecule has 2 aromatic rings. The Labute approximate surface area is 242 Å². The van der Waals surface area contributed by atoms with Crippen molar-refractivity contribution in [1.29, 1.82) is 0 Å². The number of carboxylic acid groups (broad SMARTS) is 3. The molecule has 2 aliphatic heterocycles. The highest BCUT2D eigenvalue weighted by molar-refractivity contribution is 6.12. The van der Waals surface area contributed by atoms with Gasteiger partial charge in [-0.05, 0) is 53.9 Å². The highest BCUT2D eigenvalue weighted by atomic mass is 16.6. The van der Waals surface area contributed by atoms with Crippen molar-refractivity contribution in [3.8, 4) is 11.1 Å². The number of rotatable bonds is 7. The summed E-state index contributed by atoms with van der Waals surface area (Å²) in [6, 6.07) is 14.9. The van der Waals surface area contributed by atoms with E-state index in [0.29, 0.717) is 19.4 Å². The Balaban J connectivity index is 1.26. The van der Waals surface area contributed by atoms with Gasteiger partial charge in [0.15, 0.2) is 0 Å². The van der Waals surface area contributed by atoms with E-state index in [1.165, 1.54) is 9.80 Å². The van der Waals surface area contributed by atoms with Crippen LogP contribution < -0.4 is 0 Å². The van der Waals surface area contributed by atoms with Crippen LogP contribution in [0.2, 0.25) is 0 Å². The molecular weight excluding hydrogens is 544 g/mol. The number of hydrogen-bond acceptors (Lipinski definition) is 6. The van der Waals surface area contributed by atoms with Crippen LogP contribution in [0.1, 0.15) is 42.7 Å². The fraction of sp³-hybridized carbons (Fsp3) is 0.387. The minimum atomic E-state index is -1.60. The van der Waals surface area contributed by atoms with Crippen LogP contribution in [-0.4, -0.2) is 87.3 Å². The average Bonchev–Trinajstić information content (AvgIpc) is 3.31. The number of fused-ring (bicyclic) bond motifs is 3. The van der Waals surface area contributed by atoms with Crippen molar-refractivity contribution in [3.63, 3.8) is 0 Å². The molecule has 2 aromatic carbocycles. The fourth-order valence-electron chi connectivity index (χ4n) is 6.37. The molecule has 0 spiro atoms. The van der Waals surface area contributed by atoms with Gasteiger partial charge in [0.25, 0.3) is 0 Å². The molecule has 2 amide bonds. The lowest BCUT2D eigenvalue weighted by Gasteiger charge is -2.40. The van der Waals surface area contributed by atoms with Gasteiger partial charge in [-0.2, -0.15) is 0 Å². The molecule has 3 N–H and O–H groups in total. The second kappa shape index (κ2) is 12.1. The number of carboxylic acids is 3. The van der Waals surface area contributed by atoms with Crippen LogP contribution in [0.15, 0.2) is 60.2 Å². The van der Waals surface area contributed by atoms with E-state index in [1.54, 1.807) is 0 Å². The van der Waals surface area contributed by atoms with Crippen molar-refractivity contribution in [2.75, 3.05) is 26.2 Å². The van der Waals surface area contributed by atoms with E-state index in [2.05, 4.69) is 0 Å². The molecule has 2 heterocycles. The van der Waals surface area contributed by atoms with Gasteiger partial charge in [-0.3, -0.25) is 4.79 Å². The van der Waals surface area contributed by atoms with E-state index in [9.17, 15) is 39.3 Å². The molecule has 3 aliphatic rings. The number of carbonyl (C=O) groups is 5. The predicted molar refractivity (Wildman–Crippen MR) is 149 cm³/mol. The van der Waals surface area contributed by atoms with Gasteiger partial charge in [0.1, 0.15) is 18.2 Å². The van der Waals surface area contributed by atoms with Crippen LogP contribution >= 0.6 is 0 Å². The minimum absolute atomic E-state index is 0.0531. The third kappa shape index (κ3) is 5.72. The number of benzene rings is 2. The summed E-state index contributed by atoms with van der Waals surface area (Å²) in [5.74, 6) is -6.26. The monoisotopic (exact) mass is 576 g/mol. The standard InChI is InChI=1S/C31H32N2O9/c34-27(33-15-18(11-12-26(33)30(39)40)14-24(28(35)36)29(37)38)19-6-5-13-32(16-19)31(41)42-17-25-22-9-3-1-7-20(22)21-8-2-4-10-23(21)25/h1-4,7-10,14,18-19,25-26H,5-6,11-13,15-17H2,(H,35,36)(H,37,38)(H,39,40). The van der Waals surface area contributed by atoms with Gasteiger partial charge in [0, 0.05) is 25.6 Å². The Morgan fingerprint density at radius 1 is 0.833 bits per heavy atom. The summed E-state index contributed by atoms with van der Waals surface area (Å²) in [6.07, 6.45) is 1.78. The summed E-state index contributed by atoms with van der Waals surface area (Å²) >= 11 is 0. The zero-order valence-electron chi connectivity index (χ0n) is 22.8. The SMILES string of the molecule is O=C(O)C(=CC1CCC(C(=O)O)N(C(=O)C2CCCN(C(=O)OCC3c4ccccc4-c4ccccc43)C2)C1)C(=O)O. The third-order valence-corrected chi connectivity index (χ3v) is 8.41. The Hall–Kier alpha value is -4.67. The maximum absolute atomic E-state index is 13.6. The molecule has 1 aliphatic carbocycles. The van der Waals surface area contributed by atoms with Gasteiger partial charge in [0.05, 0.1) is 5.92 Å². The number of hydrogen-bond donors (Lipinski definition) is 3. The van der Waals surface area contributed by atoms with Crippen molar-refractivity contribution >= 4 is 29.9 Å². The first-order valence-corrected chi connectivity index (χ1v) is 14.0. The summed E-state index contributed by atoms with van der Waals surface area (Å²) < 4.78 is 5.77. The van der Waals surface area contributed by atoms with E-state index in [-0.39, 0.29) is 38.5 Å². The number of likely N-dealkylation sites (tertiary alicyclic amines) is 2. The Kier molecular flexibility index (Phi) is 8.28. The first kappa shape index (κ1) is 28.8. The lowest BCUT2D eigenvalue weighted by Crippen LogP contribution is -2.55. The molecule has 2 fully saturated rings. The van der Waals surface area contributed by atoms with Crippen molar-refractivity contribution in [1.82, 2.24) is 9.80 Å². The van der Waals surface area contributed by atoms with E-state index >= 15 is 0 Å². The van der Waals surface area contributed by atoms with Gasteiger partial charge >= 0.3 is 24.0 Å². The van der Waals surface area contributed by atoms with Crippen LogP contribution in [0.4, 0.5) is 4.79 Å². The highest BCUT2D eigenvalue weighted by Gasteiger charge is 2.40. The van der Waals surface area contributed by atoms with E-state index in [0.717, 1.165) is 28.3 Å². The van der Waals surface area contributed by atoms with Crippen LogP contribution in [0.3, 0.4) is 0 Å². The van der Waals surface area contributed by atoms with Gasteiger partial charge in [-0.1, -0.05) is 54.6 Å². The molecule has 0 bridgehead atoms. The molecule has 0 radical (unpaired) electrons. The highest BCUT2D eigenvalue weighted by Crippen LogP contribution is 2.44. The molecule has 11 heteroatoms. The van der Waals surface area contributed by atoms with Gasteiger partial charge < -0.3 is 29.9 Å². The summed E-state index contributed by atoms with van der Waals surface area (Å²) in [5, 5.41) is 28.2. The Bertz CT molecular complexity index is 1390. The van der Waals surface area contributed by atoms with Crippen molar-refractivity contribution in [2.24, 2.45) is 11.8 Å². The first-order valence-electron chi connectivity index (χ1n) is 14.0. The molecular formula is C31H32N2O9. The maximum Gasteiger partial charge on any atom is 0.409 e. The number of amides is 2. The number of carbonyl (C=O) groups excluding carboxylic acids is 2. The van der Waals surface area contributed by atoms with Crippen LogP contribution in [0.25, 0.3) is 11.1 Å². The van der Waals surface area contributed by atoms with Crippen LogP contribution in [-0.2, 0) is 23.9 Å². The Morgan fingerprint density at radius 3 is 2.05 bits per heavy atom. The summed E-state index contributed by atoms with van der Waals surface area (Å²) in [4.78, 5) is 64.1. The quantitative estimate of drug-likeness (QED) is 0.255. The molecule has 42 heavy (non-hydrogen) atoms. The maximum atomic E-state index is 13.6. The lowest BCUT2D eigenvalue weighted by molar-refractivity contribution is -0.155. The zero-order chi connectivity index (χ0) is 30.0. The topological polar surface area (TPSA) is 162 Å². The first-order chi connectivity index (χ1) is 20.2. The van der Waals surface area contributed by atoms with Crippen molar-refractivity contribution in [2.45, 2.75) is 37.6 Å². The van der Waals surface area contributed by atoms with Crippen molar-refractivity contribution < 1.29 is 44.0 Å². The molecule has 2 saturated heterocycles. The minimum Gasteiger partial charge on any atom is -0.480 e. The number of aliphatic carboxylic acids is 3. The van der Waals surface area contributed by atoms with Crippen LogP contribution in [0, 0.1) is 11.8 Å². The molecule has 11 nitrogen and oxygen atoms in total. The smallest absolute Gasteiger partial charge is 0.409 e. The largest absolute Gasteiger partial charge is 0.480 e. The Morgan fingerprint density at radius 2 is 1.45 bits per heavy atom. The van der Waals surface area contributed by atoms with E-state index < -0.39 is 53.4 Å². The predicted octanol–water partition coefficient (Wildman–Crippen LogP) is 3.43. The fourth-order valence-corrected chi connectivity index (χ4v) is 6.37. The van der Waals surface area contributed by atoms with E-state index in [4.69, 9.17) is 4.74 Å². The number of ether oxygens (including phenoxy) is 1. The summed E-state index contributed by atoms with van der Waals surface area (Å²) in [6.45, 7) is 0.475. The lowest BCUT2D eigenvalue weighted by atomic mass is 9.88. The third-order valence-electron chi connectivity index (χ3n) is 8.41. The second-order valence-electron chi connectivity index (χ2n) is 11.0.